The Bertz CT molecular complexity index is 1310. The van der Waals surface area contributed by atoms with Gasteiger partial charge in [0.15, 0.2) is 11.5 Å². The van der Waals surface area contributed by atoms with Gasteiger partial charge in [-0.3, -0.25) is 4.68 Å². The van der Waals surface area contributed by atoms with Crippen molar-refractivity contribution in [1.29, 1.82) is 0 Å². The summed E-state index contributed by atoms with van der Waals surface area (Å²) in [5.74, 6) is 0.215. The lowest BCUT2D eigenvalue weighted by molar-refractivity contribution is 0.0238. The molecule has 0 radical (unpaired) electrons. The van der Waals surface area contributed by atoms with E-state index in [2.05, 4.69) is 45.3 Å². The van der Waals surface area contributed by atoms with E-state index < -0.39 is 19.5 Å². The normalized spacial score (nSPS) is 18.1. The first-order valence-corrected chi connectivity index (χ1v) is 17.1. The first kappa shape index (κ1) is 28.8. The average Bonchev–Trinajstić information content (AvgIpc) is 3.46. The van der Waals surface area contributed by atoms with Gasteiger partial charge in [0.25, 0.3) is 0 Å². The fraction of sp³-hybridized carbons (Fsp3) is 0.615. The summed E-state index contributed by atoms with van der Waals surface area (Å²) >= 11 is 0. The minimum Gasteiger partial charge on any atom is -0.444 e. The van der Waals surface area contributed by atoms with E-state index in [4.69, 9.17) is 9.47 Å². The predicted octanol–water partition coefficient (Wildman–Crippen LogP) is 5.17. The van der Waals surface area contributed by atoms with Crippen LogP contribution in [0.1, 0.15) is 34.1 Å². The summed E-state index contributed by atoms with van der Waals surface area (Å²) in [7, 11) is 0.562. The van der Waals surface area contributed by atoms with Crippen LogP contribution in [0.25, 0.3) is 11.0 Å². The number of ether oxygens (including phenoxy) is 2. The van der Waals surface area contributed by atoms with Gasteiger partial charge in [0.05, 0.1) is 17.3 Å². The second-order valence-electron chi connectivity index (χ2n) is 12.5. The first-order valence-electron chi connectivity index (χ1n) is 13.3. The molecule has 1 aliphatic heterocycles. The molecule has 3 aromatic rings. The van der Waals surface area contributed by atoms with Gasteiger partial charge in [-0.2, -0.15) is 15.1 Å². The van der Waals surface area contributed by atoms with Gasteiger partial charge in [-0.05, 0) is 40.2 Å². The summed E-state index contributed by atoms with van der Waals surface area (Å²) in [6, 6.07) is 0.822. The highest BCUT2D eigenvalue weighted by Gasteiger charge is 2.36. The van der Waals surface area contributed by atoms with Gasteiger partial charge in [-0.15, -0.1) is 0 Å². The first-order chi connectivity index (χ1) is 18.2. The number of amides is 1. The molecule has 2 N–H and O–H groups in total. The Morgan fingerprint density at radius 1 is 1.23 bits per heavy atom. The highest BCUT2D eigenvalue weighted by atomic mass is 28.3. The van der Waals surface area contributed by atoms with Crippen LogP contribution in [-0.4, -0.2) is 74.2 Å². The molecule has 11 nitrogen and oxygen atoms in total. The van der Waals surface area contributed by atoms with Gasteiger partial charge in [-0.1, -0.05) is 19.6 Å². The maximum Gasteiger partial charge on any atom is 0.410 e. The molecule has 0 aromatic carbocycles. The molecule has 0 unspecified atom stereocenters. The Balaban J connectivity index is 1.60. The lowest BCUT2D eigenvalue weighted by Gasteiger charge is -2.27. The van der Waals surface area contributed by atoms with Crippen molar-refractivity contribution < 1.29 is 18.7 Å². The number of likely N-dealkylation sites (tertiary alicyclic amines) is 1. The standard InChI is InChI=1S/C26H41FN8O3Si/c1-17-11-18(14-35(17)25(36)38-26(2,3)4)29-22-21-20(27)15-34(16-37-9-10-39(6,7)8)23(21)32-24(31-22)30-19-12-28-33(5)13-19/h12-13,15,17-18H,9-11,14,16H2,1-8H3,(H2,29,30,31,32)/t17-,18+/m0/s1. The van der Waals surface area contributed by atoms with Crippen LogP contribution < -0.4 is 10.6 Å². The van der Waals surface area contributed by atoms with E-state index in [1.807, 2.05) is 34.7 Å². The van der Waals surface area contributed by atoms with Crippen molar-refractivity contribution in [2.24, 2.45) is 7.05 Å². The van der Waals surface area contributed by atoms with Crippen molar-refractivity contribution in [3.8, 4) is 0 Å². The minimum atomic E-state index is -1.26. The Kier molecular flexibility index (Phi) is 8.21. The second kappa shape index (κ2) is 11.1. The number of aromatic nitrogens is 5. The molecule has 13 heteroatoms. The van der Waals surface area contributed by atoms with Gasteiger partial charge in [0.1, 0.15) is 18.1 Å². The van der Waals surface area contributed by atoms with E-state index in [9.17, 15) is 4.79 Å². The highest BCUT2D eigenvalue weighted by molar-refractivity contribution is 6.76. The number of carbonyl (C=O) groups is 1. The summed E-state index contributed by atoms with van der Waals surface area (Å²) in [5, 5.41) is 11.0. The van der Waals surface area contributed by atoms with Crippen molar-refractivity contribution in [2.45, 2.75) is 84.2 Å². The maximum absolute atomic E-state index is 15.4. The third-order valence-corrected chi connectivity index (χ3v) is 8.11. The zero-order valence-electron chi connectivity index (χ0n) is 24.2. The summed E-state index contributed by atoms with van der Waals surface area (Å²) in [6.45, 7) is 15.6. The van der Waals surface area contributed by atoms with Crippen LogP contribution in [0, 0.1) is 5.82 Å². The number of nitrogens with one attached hydrogen (secondary N) is 2. The Morgan fingerprint density at radius 2 is 1.97 bits per heavy atom. The van der Waals surface area contributed by atoms with Gasteiger partial charge < -0.3 is 29.6 Å². The molecule has 0 aliphatic carbocycles. The summed E-state index contributed by atoms with van der Waals surface area (Å²) in [4.78, 5) is 23.7. The zero-order chi connectivity index (χ0) is 28.5. The molecule has 3 aromatic heterocycles. The van der Waals surface area contributed by atoms with E-state index in [0.717, 1.165) is 6.04 Å². The largest absolute Gasteiger partial charge is 0.444 e. The molecule has 0 bridgehead atoms. The van der Waals surface area contributed by atoms with E-state index in [0.29, 0.717) is 42.7 Å². The molecule has 214 valence electrons. The molecular weight excluding hydrogens is 519 g/mol. The topological polar surface area (TPSA) is 111 Å². The summed E-state index contributed by atoms with van der Waals surface area (Å²) in [6.07, 6.45) is 5.17. The van der Waals surface area contributed by atoms with E-state index >= 15 is 4.39 Å². The van der Waals surface area contributed by atoms with Crippen LogP contribution in [0.4, 0.5) is 26.6 Å². The lowest BCUT2D eigenvalue weighted by atomic mass is 10.2. The molecule has 2 atom stereocenters. The number of hydrogen-bond acceptors (Lipinski definition) is 8. The fourth-order valence-electron chi connectivity index (χ4n) is 4.46. The SMILES string of the molecule is C[C@H]1C[C@@H](Nc2nc(Nc3cnn(C)c3)nc3c2c(F)cn3COCC[Si](C)(C)C)CN1C(=O)OC(C)(C)C. The third-order valence-electron chi connectivity index (χ3n) is 6.40. The number of rotatable bonds is 9. The Morgan fingerprint density at radius 3 is 2.62 bits per heavy atom. The third kappa shape index (κ3) is 7.47. The number of aryl methyl sites for hydroxylation is 1. The molecule has 0 saturated carbocycles. The van der Waals surface area contributed by atoms with E-state index in [1.54, 1.807) is 26.5 Å². The van der Waals surface area contributed by atoms with Crippen molar-refractivity contribution in [3.05, 3.63) is 24.4 Å². The van der Waals surface area contributed by atoms with Crippen molar-refractivity contribution in [2.75, 3.05) is 23.8 Å². The number of hydrogen-bond donors (Lipinski definition) is 2. The van der Waals surface area contributed by atoms with Crippen molar-refractivity contribution in [1.82, 2.24) is 29.2 Å². The average molecular weight is 561 g/mol. The highest BCUT2D eigenvalue weighted by Crippen LogP contribution is 2.31. The summed E-state index contributed by atoms with van der Waals surface area (Å²) in [5.41, 5.74) is 0.537. The Hall–Kier alpha value is -3.19. The number of anilines is 3. The quantitative estimate of drug-likeness (QED) is 0.272. The van der Waals surface area contributed by atoms with E-state index in [1.165, 1.54) is 6.20 Å². The van der Waals surface area contributed by atoms with Crippen LogP contribution in [0.2, 0.25) is 25.7 Å². The predicted molar refractivity (Wildman–Crippen MR) is 153 cm³/mol. The van der Waals surface area contributed by atoms with Gasteiger partial charge in [0, 0.05) is 52.8 Å². The summed E-state index contributed by atoms with van der Waals surface area (Å²) < 4.78 is 30.2. The number of fused-ring (bicyclic) bond motifs is 1. The minimum absolute atomic E-state index is 0.0446. The van der Waals surface area contributed by atoms with Crippen molar-refractivity contribution in [3.63, 3.8) is 0 Å². The van der Waals surface area contributed by atoms with Crippen LogP contribution in [0.5, 0.6) is 0 Å². The second-order valence-corrected chi connectivity index (χ2v) is 18.1. The molecule has 4 rings (SSSR count). The molecule has 1 saturated heterocycles. The monoisotopic (exact) mass is 560 g/mol. The van der Waals surface area contributed by atoms with Gasteiger partial charge >= 0.3 is 6.09 Å². The molecule has 1 amide bonds. The molecule has 39 heavy (non-hydrogen) atoms. The van der Waals surface area contributed by atoms with Crippen LogP contribution in [-0.2, 0) is 23.3 Å². The van der Waals surface area contributed by atoms with Crippen LogP contribution in [0.3, 0.4) is 0 Å². The van der Waals surface area contributed by atoms with Gasteiger partial charge in [-0.25, -0.2) is 9.18 Å². The van der Waals surface area contributed by atoms with Crippen molar-refractivity contribution >= 4 is 42.7 Å². The number of nitrogens with zero attached hydrogens (tertiary/aromatic N) is 6. The van der Waals surface area contributed by atoms with Crippen LogP contribution >= 0.6 is 0 Å². The van der Waals surface area contributed by atoms with Crippen LogP contribution in [0.15, 0.2) is 18.6 Å². The molecular formula is C26H41FN8O3Si. The molecule has 0 spiro atoms. The number of halogens is 1. The van der Waals surface area contributed by atoms with E-state index in [-0.39, 0.29) is 30.3 Å². The molecule has 4 heterocycles. The zero-order valence-corrected chi connectivity index (χ0v) is 25.2. The number of carbonyl (C=O) groups excluding carboxylic acids is 1. The Labute approximate surface area is 230 Å². The molecule has 1 fully saturated rings. The van der Waals surface area contributed by atoms with Gasteiger partial charge in [0.2, 0.25) is 5.95 Å². The lowest BCUT2D eigenvalue weighted by Crippen LogP contribution is -2.39. The molecule has 1 aliphatic rings. The smallest absolute Gasteiger partial charge is 0.410 e. The maximum atomic E-state index is 15.4. The fourth-order valence-corrected chi connectivity index (χ4v) is 5.21.